The number of aromatic nitrogens is 4. The van der Waals surface area contributed by atoms with Crippen LogP contribution in [0.2, 0.25) is 0 Å². The Morgan fingerprint density at radius 1 is 1.17 bits per heavy atom. The topological polar surface area (TPSA) is 116 Å². The maximum atomic E-state index is 12.4. The van der Waals surface area contributed by atoms with Gasteiger partial charge in [0.25, 0.3) is 5.91 Å². The summed E-state index contributed by atoms with van der Waals surface area (Å²) >= 11 is 0. The van der Waals surface area contributed by atoms with Gasteiger partial charge in [0.15, 0.2) is 0 Å². The van der Waals surface area contributed by atoms with Crippen LogP contribution in [0.15, 0.2) is 29.1 Å². The monoisotopic (exact) mass is 326 g/mol. The van der Waals surface area contributed by atoms with Crippen LogP contribution in [0.4, 0.5) is 5.95 Å². The first-order valence-electron chi connectivity index (χ1n) is 7.52. The highest BCUT2D eigenvalue weighted by atomic mass is 16.2. The molecule has 3 rings (SSSR count). The summed E-state index contributed by atoms with van der Waals surface area (Å²) < 4.78 is 0. The van der Waals surface area contributed by atoms with Gasteiger partial charge in [-0.25, -0.2) is 14.8 Å². The second-order valence-corrected chi connectivity index (χ2v) is 5.55. The van der Waals surface area contributed by atoms with Crippen LogP contribution in [0, 0.1) is 6.92 Å². The van der Waals surface area contributed by atoms with Crippen molar-refractivity contribution in [1.29, 1.82) is 0 Å². The molecule has 0 radical (unpaired) electrons. The summed E-state index contributed by atoms with van der Waals surface area (Å²) in [4.78, 5) is 37.5. The average Bonchev–Trinajstić information content (AvgIpc) is 2.93. The molecule has 1 amide bonds. The molecule has 0 aliphatic carbocycles. The van der Waals surface area contributed by atoms with E-state index in [1.807, 2.05) is 19.1 Å². The fraction of sp³-hybridized carbons (Fsp3) is 0.250. The second-order valence-electron chi connectivity index (χ2n) is 5.55. The van der Waals surface area contributed by atoms with Crippen molar-refractivity contribution in [2.45, 2.75) is 19.9 Å². The van der Waals surface area contributed by atoms with Gasteiger partial charge in [0.2, 0.25) is 5.95 Å². The molecule has 3 aromatic rings. The number of nitrogens with one attached hydrogen (secondary N) is 4. The number of amides is 1. The molecule has 0 bridgehead atoms. The zero-order chi connectivity index (χ0) is 17.3. The molecule has 0 fully saturated rings. The largest absolute Gasteiger partial charge is 0.357 e. The van der Waals surface area contributed by atoms with Gasteiger partial charge < -0.3 is 20.6 Å². The molecule has 0 saturated heterocycles. The van der Waals surface area contributed by atoms with Crippen molar-refractivity contribution in [3.8, 4) is 0 Å². The Morgan fingerprint density at radius 3 is 2.67 bits per heavy atom. The maximum Gasteiger partial charge on any atom is 0.323 e. The van der Waals surface area contributed by atoms with Gasteiger partial charge >= 0.3 is 5.69 Å². The summed E-state index contributed by atoms with van der Waals surface area (Å²) in [7, 11) is 1.70. The third-order valence-corrected chi connectivity index (χ3v) is 3.70. The number of anilines is 1. The van der Waals surface area contributed by atoms with Crippen LogP contribution in [0.5, 0.6) is 0 Å². The van der Waals surface area contributed by atoms with E-state index in [0.717, 1.165) is 11.1 Å². The number of rotatable bonds is 4. The molecule has 1 unspecified atom stereocenters. The summed E-state index contributed by atoms with van der Waals surface area (Å²) in [5.41, 5.74) is 3.07. The van der Waals surface area contributed by atoms with Gasteiger partial charge in [-0.1, -0.05) is 6.07 Å². The van der Waals surface area contributed by atoms with E-state index in [-0.39, 0.29) is 17.6 Å². The molecular formula is C16H18N6O2. The standard InChI is InChI=1S/C16H18N6O2/c1-8-6-13(20-15(17-3)18-8)14(23)19-9(2)10-4-5-11-12(7-10)22-16(24)21-11/h4-7,9H,1-3H3,(H,19,23)(H,17,18,20)(H2,21,22,24). The van der Waals surface area contributed by atoms with Crippen molar-refractivity contribution in [2.75, 3.05) is 12.4 Å². The Balaban J connectivity index is 1.82. The van der Waals surface area contributed by atoms with Crippen LogP contribution >= 0.6 is 0 Å². The van der Waals surface area contributed by atoms with Gasteiger partial charge in [0.05, 0.1) is 17.1 Å². The molecule has 1 atom stereocenters. The van der Waals surface area contributed by atoms with Crippen molar-refractivity contribution in [3.05, 3.63) is 51.7 Å². The van der Waals surface area contributed by atoms with E-state index in [0.29, 0.717) is 22.9 Å². The number of hydrogen-bond donors (Lipinski definition) is 4. The van der Waals surface area contributed by atoms with E-state index in [4.69, 9.17) is 0 Å². The number of aromatic amines is 2. The van der Waals surface area contributed by atoms with Gasteiger partial charge in [-0.2, -0.15) is 0 Å². The lowest BCUT2D eigenvalue weighted by Gasteiger charge is -2.14. The Labute approximate surface area is 137 Å². The highest BCUT2D eigenvalue weighted by Crippen LogP contribution is 2.17. The molecule has 124 valence electrons. The summed E-state index contributed by atoms with van der Waals surface area (Å²) in [5, 5.41) is 5.73. The summed E-state index contributed by atoms with van der Waals surface area (Å²) in [6.07, 6.45) is 0. The number of H-pyrrole nitrogens is 2. The molecule has 0 saturated carbocycles. The molecule has 24 heavy (non-hydrogen) atoms. The van der Waals surface area contributed by atoms with Gasteiger partial charge in [-0.15, -0.1) is 0 Å². The van der Waals surface area contributed by atoms with E-state index >= 15 is 0 Å². The van der Waals surface area contributed by atoms with Crippen LogP contribution < -0.4 is 16.3 Å². The molecule has 0 aliphatic rings. The summed E-state index contributed by atoms with van der Waals surface area (Å²) in [5.74, 6) is 0.117. The SMILES string of the molecule is CNc1nc(C)cc(C(=O)NC(C)c2ccc3[nH]c(=O)[nH]c3c2)n1. The molecule has 8 heteroatoms. The number of benzene rings is 1. The molecule has 0 aliphatic heterocycles. The number of carbonyl (C=O) groups excluding carboxylic acids is 1. The summed E-state index contributed by atoms with van der Waals surface area (Å²) in [6.45, 7) is 3.68. The lowest BCUT2D eigenvalue weighted by molar-refractivity contribution is 0.0934. The van der Waals surface area contributed by atoms with Crippen molar-refractivity contribution in [3.63, 3.8) is 0 Å². The molecule has 8 nitrogen and oxygen atoms in total. The molecular weight excluding hydrogens is 308 g/mol. The number of nitrogens with zero attached hydrogens (tertiary/aromatic N) is 2. The minimum absolute atomic E-state index is 0.242. The predicted molar refractivity (Wildman–Crippen MR) is 91.1 cm³/mol. The zero-order valence-corrected chi connectivity index (χ0v) is 13.6. The summed E-state index contributed by atoms with van der Waals surface area (Å²) in [6, 6.07) is 6.90. The highest BCUT2D eigenvalue weighted by Gasteiger charge is 2.15. The third-order valence-electron chi connectivity index (χ3n) is 3.70. The first kappa shape index (κ1) is 15.7. The van der Waals surface area contributed by atoms with Crippen molar-refractivity contribution in [1.82, 2.24) is 25.3 Å². The van der Waals surface area contributed by atoms with E-state index in [1.54, 1.807) is 26.1 Å². The number of carbonyl (C=O) groups is 1. The first-order chi connectivity index (χ1) is 11.5. The van der Waals surface area contributed by atoms with E-state index in [1.165, 1.54) is 0 Å². The van der Waals surface area contributed by atoms with Crippen LogP contribution in [0.3, 0.4) is 0 Å². The molecule has 2 aromatic heterocycles. The molecule has 2 heterocycles. The molecule has 1 aromatic carbocycles. The highest BCUT2D eigenvalue weighted by molar-refractivity contribution is 5.93. The van der Waals surface area contributed by atoms with Crippen molar-refractivity contribution < 1.29 is 4.79 Å². The number of hydrogen-bond acceptors (Lipinski definition) is 5. The predicted octanol–water partition coefficient (Wildman–Crippen LogP) is 1.49. The number of fused-ring (bicyclic) bond motifs is 1. The van der Waals surface area contributed by atoms with Crippen LogP contribution in [-0.4, -0.2) is 32.9 Å². The minimum Gasteiger partial charge on any atom is -0.357 e. The van der Waals surface area contributed by atoms with Crippen LogP contribution in [0.1, 0.15) is 34.7 Å². The number of imidazole rings is 1. The average molecular weight is 326 g/mol. The van der Waals surface area contributed by atoms with Crippen molar-refractivity contribution >= 4 is 22.9 Å². The Hall–Kier alpha value is -3.16. The smallest absolute Gasteiger partial charge is 0.323 e. The third kappa shape index (κ3) is 3.12. The van der Waals surface area contributed by atoms with Crippen LogP contribution in [-0.2, 0) is 0 Å². The number of aryl methyl sites for hydroxylation is 1. The van der Waals surface area contributed by atoms with Gasteiger partial charge in [0.1, 0.15) is 5.69 Å². The molecule has 4 N–H and O–H groups in total. The van der Waals surface area contributed by atoms with Crippen LogP contribution in [0.25, 0.3) is 11.0 Å². The van der Waals surface area contributed by atoms with E-state index in [9.17, 15) is 9.59 Å². The van der Waals surface area contributed by atoms with Gasteiger partial charge in [-0.3, -0.25) is 4.79 Å². The molecule has 0 spiro atoms. The quantitative estimate of drug-likeness (QED) is 0.580. The zero-order valence-electron chi connectivity index (χ0n) is 13.6. The van der Waals surface area contributed by atoms with Gasteiger partial charge in [0, 0.05) is 12.7 Å². The van der Waals surface area contributed by atoms with Crippen molar-refractivity contribution in [2.24, 2.45) is 0 Å². The fourth-order valence-corrected chi connectivity index (χ4v) is 2.47. The lowest BCUT2D eigenvalue weighted by Crippen LogP contribution is -2.27. The second kappa shape index (κ2) is 6.15. The fourth-order valence-electron chi connectivity index (χ4n) is 2.47. The Kier molecular flexibility index (Phi) is 4.03. The van der Waals surface area contributed by atoms with E-state index in [2.05, 4.69) is 30.6 Å². The van der Waals surface area contributed by atoms with Gasteiger partial charge in [-0.05, 0) is 37.6 Å². The Morgan fingerprint density at radius 2 is 1.92 bits per heavy atom. The maximum absolute atomic E-state index is 12.4. The minimum atomic E-state index is -0.285. The van der Waals surface area contributed by atoms with E-state index < -0.39 is 0 Å². The normalized spacial score (nSPS) is 12.1. The Bertz CT molecular complexity index is 959. The first-order valence-corrected chi connectivity index (χ1v) is 7.52. The lowest BCUT2D eigenvalue weighted by atomic mass is 10.1.